The van der Waals surface area contributed by atoms with Gasteiger partial charge in [0.05, 0.1) is 10.7 Å². The minimum absolute atomic E-state index is 0.284. The zero-order chi connectivity index (χ0) is 12.1. The molecular weight excluding hydrogens is 232 g/mol. The lowest BCUT2D eigenvalue weighted by molar-refractivity contribution is 0.475. The van der Waals surface area contributed by atoms with Gasteiger partial charge in [0.25, 0.3) is 0 Å². The van der Waals surface area contributed by atoms with E-state index < -0.39 is 0 Å². The molecule has 3 N–H and O–H groups in total. The Morgan fingerprint density at radius 2 is 1.94 bits per heavy atom. The van der Waals surface area contributed by atoms with Crippen molar-refractivity contribution in [2.24, 2.45) is 5.73 Å². The predicted molar refractivity (Wildman–Crippen MR) is 71.2 cm³/mol. The fourth-order valence-corrected chi connectivity index (χ4v) is 2.46. The third-order valence-electron chi connectivity index (χ3n) is 2.56. The summed E-state index contributed by atoms with van der Waals surface area (Å²) in [6.45, 7) is 0.746. The Morgan fingerprint density at radius 3 is 2.65 bits per heavy atom. The van der Waals surface area contributed by atoms with E-state index in [9.17, 15) is 5.11 Å². The summed E-state index contributed by atoms with van der Waals surface area (Å²) in [5, 5.41) is 12.4. The van der Waals surface area contributed by atoms with Crippen LogP contribution in [0.15, 0.2) is 29.6 Å². The van der Waals surface area contributed by atoms with Gasteiger partial charge in [-0.15, -0.1) is 11.3 Å². The fraction of sp³-hybridized carbons (Fsp3) is 0.308. The molecule has 0 saturated carbocycles. The maximum atomic E-state index is 9.22. The molecule has 0 aliphatic heterocycles. The molecule has 0 aliphatic carbocycles. The monoisotopic (exact) mass is 248 g/mol. The van der Waals surface area contributed by atoms with Crippen LogP contribution in [0.2, 0.25) is 0 Å². The van der Waals surface area contributed by atoms with Crippen LogP contribution in [0, 0.1) is 0 Å². The van der Waals surface area contributed by atoms with Gasteiger partial charge in [0.15, 0.2) is 0 Å². The maximum absolute atomic E-state index is 9.22. The Labute approximate surface area is 105 Å². The van der Waals surface area contributed by atoms with Gasteiger partial charge in [-0.1, -0.05) is 0 Å². The second-order valence-corrected chi connectivity index (χ2v) is 4.86. The van der Waals surface area contributed by atoms with Crippen molar-refractivity contribution in [3.63, 3.8) is 0 Å². The van der Waals surface area contributed by atoms with E-state index in [-0.39, 0.29) is 5.75 Å². The Balaban J connectivity index is 2.04. The molecule has 0 radical (unpaired) electrons. The fourth-order valence-electron chi connectivity index (χ4n) is 1.61. The molecule has 0 unspecified atom stereocenters. The van der Waals surface area contributed by atoms with Gasteiger partial charge in [-0.2, -0.15) is 0 Å². The first-order chi connectivity index (χ1) is 8.29. The van der Waals surface area contributed by atoms with E-state index in [2.05, 4.69) is 10.4 Å². The second kappa shape index (κ2) is 5.80. The number of aromatic nitrogens is 1. The van der Waals surface area contributed by atoms with Crippen molar-refractivity contribution in [3.8, 4) is 17.0 Å². The van der Waals surface area contributed by atoms with Gasteiger partial charge < -0.3 is 10.8 Å². The number of thiazole rings is 1. The third-order valence-corrected chi connectivity index (χ3v) is 3.47. The molecule has 0 saturated heterocycles. The number of benzene rings is 1. The number of unbranched alkanes of at least 4 members (excludes halogenated alkanes) is 1. The molecule has 0 fully saturated rings. The number of rotatable bonds is 5. The van der Waals surface area contributed by atoms with E-state index in [0.29, 0.717) is 0 Å². The number of aryl methyl sites for hydroxylation is 1. The second-order valence-electron chi connectivity index (χ2n) is 3.92. The average Bonchev–Trinajstić information content (AvgIpc) is 2.79. The van der Waals surface area contributed by atoms with Gasteiger partial charge in [-0.05, 0) is 50.1 Å². The lowest BCUT2D eigenvalue weighted by atomic mass is 10.2. The number of aromatic hydroxyl groups is 1. The highest BCUT2D eigenvalue weighted by molar-refractivity contribution is 7.09. The molecule has 1 aromatic carbocycles. The molecule has 2 aromatic rings. The van der Waals surface area contributed by atoms with Crippen molar-refractivity contribution in [2.75, 3.05) is 6.54 Å². The largest absolute Gasteiger partial charge is 0.508 e. The Hall–Kier alpha value is -1.39. The zero-order valence-corrected chi connectivity index (χ0v) is 10.4. The summed E-state index contributed by atoms with van der Waals surface area (Å²) in [6, 6.07) is 7.13. The molecule has 90 valence electrons. The van der Waals surface area contributed by atoms with Crippen LogP contribution in [0.5, 0.6) is 5.75 Å². The van der Waals surface area contributed by atoms with Crippen LogP contribution in [-0.2, 0) is 6.42 Å². The average molecular weight is 248 g/mol. The molecule has 3 nitrogen and oxygen atoms in total. The number of phenolic OH excluding ortho intramolecular Hbond substituents is 1. The van der Waals surface area contributed by atoms with E-state index in [0.717, 1.165) is 42.1 Å². The Kier molecular flexibility index (Phi) is 4.12. The lowest BCUT2D eigenvalue weighted by Crippen LogP contribution is -1.98. The molecule has 0 spiro atoms. The van der Waals surface area contributed by atoms with Gasteiger partial charge >= 0.3 is 0 Å². The SMILES string of the molecule is NCCCCc1nc(-c2ccc(O)cc2)cs1. The third kappa shape index (κ3) is 3.28. The standard InChI is InChI=1S/C13H16N2OS/c14-8-2-1-3-13-15-12(9-17-13)10-4-6-11(16)7-5-10/h4-7,9,16H,1-3,8,14H2. The van der Waals surface area contributed by atoms with Crippen LogP contribution >= 0.6 is 11.3 Å². The number of nitrogens with zero attached hydrogens (tertiary/aromatic N) is 1. The molecule has 1 aromatic heterocycles. The lowest BCUT2D eigenvalue weighted by Gasteiger charge is -1.97. The normalized spacial score (nSPS) is 10.6. The summed E-state index contributed by atoms with van der Waals surface area (Å²) in [4.78, 5) is 4.58. The molecule has 0 bridgehead atoms. The first-order valence-corrected chi connectivity index (χ1v) is 6.61. The highest BCUT2D eigenvalue weighted by Gasteiger charge is 2.04. The quantitative estimate of drug-likeness (QED) is 0.800. The first-order valence-electron chi connectivity index (χ1n) is 5.73. The van der Waals surface area contributed by atoms with Crippen LogP contribution < -0.4 is 5.73 Å². The Morgan fingerprint density at radius 1 is 1.18 bits per heavy atom. The number of hydrogen-bond donors (Lipinski definition) is 2. The van der Waals surface area contributed by atoms with Crippen molar-refractivity contribution >= 4 is 11.3 Å². The van der Waals surface area contributed by atoms with Crippen molar-refractivity contribution in [3.05, 3.63) is 34.7 Å². The van der Waals surface area contributed by atoms with Crippen LogP contribution in [0.25, 0.3) is 11.3 Å². The summed E-state index contributed by atoms with van der Waals surface area (Å²) in [5.74, 6) is 0.284. The summed E-state index contributed by atoms with van der Waals surface area (Å²) in [5.41, 5.74) is 7.49. The van der Waals surface area contributed by atoms with E-state index in [1.165, 1.54) is 0 Å². The van der Waals surface area contributed by atoms with Gasteiger partial charge in [0.2, 0.25) is 0 Å². The molecule has 17 heavy (non-hydrogen) atoms. The van der Waals surface area contributed by atoms with E-state index >= 15 is 0 Å². The van der Waals surface area contributed by atoms with Crippen molar-refractivity contribution in [2.45, 2.75) is 19.3 Å². The van der Waals surface area contributed by atoms with E-state index in [1.54, 1.807) is 23.5 Å². The van der Waals surface area contributed by atoms with Gasteiger partial charge in [-0.3, -0.25) is 0 Å². The van der Waals surface area contributed by atoms with Crippen molar-refractivity contribution in [1.82, 2.24) is 4.98 Å². The van der Waals surface area contributed by atoms with Crippen molar-refractivity contribution in [1.29, 1.82) is 0 Å². The van der Waals surface area contributed by atoms with Crippen LogP contribution in [0.4, 0.5) is 0 Å². The summed E-state index contributed by atoms with van der Waals surface area (Å²) in [6.07, 6.45) is 3.15. The van der Waals surface area contributed by atoms with Gasteiger partial charge in [0, 0.05) is 10.9 Å². The smallest absolute Gasteiger partial charge is 0.115 e. The number of hydrogen-bond acceptors (Lipinski definition) is 4. The number of phenols is 1. The summed E-state index contributed by atoms with van der Waals surface area (Å²) >= 11 is 1.68. The molecule has 4 heteroatoms. The topological polar surface area (TPSA) is 59.1 Å². The first kappa shape index (κ1) is 12.1. The highest BCUT2D eigenvalue weighted by Crippen LogP contribution is 2.24. The molecule has 2 rings (SSSR count). The minimum Gasteiger partial charge on any atom is -0.508 e. The molecule has 1 heterocycles. The zero-order valence-electron chi connectivity index (χ0n) is 9.60. The summed E-state index contributed by atoms with van der Waals surface area (Å²) in [7, 11) is 0. The highest BCUT2D eigenvalue weighted by atomic mass is 32.1. The van der Waals surface area contributed by atoms with E-state index in [4.69, 9.17) is 5.73 Å². The number of nitrogens with two attached hydrogens (primary N) is 1. The molecule has 0 atom stereocenters. The van der Waals surface area contributed by atoms with Gasteiger partial charge in [0.1, 0.15) is 5.75 Å². The summed E-state index contributed by atoms with van der Waals surface area (Å²) < 4.78 is 0. The van der Waals surface area contributed by atoms with Crippen LogP contribution in [-0.4, -0.2) is 16.6 Å². The molecule has 0 aliphatic rings. The molecular formula is C13H16N2OS. The van der Waals surface area contributed by atoms with Crippen LogP contribution in [0.1, 0.15) is 17.8 Å². The van der Waals surface area contributed by atoms with Gasteiger partial charge in [-0.25, -0.2) is 4.98 Å². The molecule has 0 amide bonds. The van der Waals surface area contributed by atoms with Crippen molar-refractivity contribution < 1.29 is 5.11 Å². The predicted octanol–water partition coefficient (Wildman–Crippen LogP) is 2.80. The van der Waals surface area contributed by atoms with Crippen LogP contribution in [0.3, 0.4) is 0 Å². The minimum atomic E-state index is 0.284. The maximum Gasteiger partial charge on any atom is 0.115 e. The Bertz CT molecular complexity index is 465. The van der Waals surface area contributed by atoms with E-state index in [1.807, 2.05) is 12.1 Å².